The second kappa shape index (κ2) is 7.70. The molecule has 2 aromatic heterocycles. The fourth-order valence-electron chi connectivity index (χ4n) is 2.74. The molecule has 0 aliphatic heterocycles. The van der Waals surface area contributed by atoms with Crippen molar-refractivity contribution in [3.63, 3.8) is 0 Å². The van der Waals surface area contributed by atoms with Crippen molar-refractivity contribution in [3.05, 3.63) is 63.2 Å². The number of aryl methyl sites for hydroxylation is 2. The van der Waals surface area contributed by atoms with E-state index in [4.69, 9.17) is 0 Å². The lowest BCUT2D eigenvalue weighted by Crippen LogP contribution is -2.20. The Hall–Kier alpha value is -2.75. The molecule has 0 bridgehead atoms. The Labute approximate surface area is 163 Å². The zero-order valence-corrected chi connectivity index (χ0v) is 16.2. The Bertz CT molecular complexity index is 1060. The Morgan fingerprint density at radius 3 is 2.61 bits per heavy atom. The van der Waals surface area contributed by atoms with E-state index in [0.29, 0.717) is 29.2 Å². The maximum Gasteiger partial charge on any atom is 0.417 e. The van der Waals surface area contributed by atoms with Gasteiger partial charge in [0.15, 0.2) is 0 Å². The van der Waals surface area contributed by atoms with E-state index >= 15 is 0 Å². The fraction of sp³-hybridized carbons (Fsp3) is 0.278. The number of aromatic nitrogens is 4. The SMILES string of the molecule is CCc1c(C)nc(-n2nc(C)cc2NSc2ccccc2C(F)(F)F)[nH]c1=O. The molecule has 0 saturated carbocycles. The van der Waals surface area contributed by atoms with Gasteiger partial charge in [0, 0.05) is 22.2 Å². The summed E-state index contributed by atoms with van der Waals surface area (Å²) >= 11 is 0.815. The summed E-state index contributed by atoms with van der Waals surface area (Å²) in [6.07, 6.45) is -3.91. The van der Waals surface area contributed by atoms with Gasteiger partial charge in [0.05, 0.1) is 11.3 Å². The maximum absolute atomic E-state index is 13.2. The summed E-state index contributed by atoms with van der Waals surface area (Å²) in [5.74, 6) is 0.589. The summed E-state index contributed by atoms with van der Waals surface area (Å²) < 4.78 is 43.8. The van der Waals surface area contributed by atoms with E-state index in [1.54, 1.807) is 19.9 Å². The van der Waals surface area contributed by atoms with Gasteiger partial charge in [-0.2, -0.15) is 23.0 Å². The van der Waals surface area contributed by atoms with Crippen molar-refractivity contribution in [2.75, 3.05) is 4.72 Å². The van der Waals surface area contributed by atoms with Crippen molar-refractivity contribution >= 4 is 17.8 Å². The normalized spacial score (nSPS) is 11.6. The van der Waals surface area contributed by atoms with Gasteiger partial charge in [0.25, 0.3) is 5.56 Å². The monoisotopic (exact) mass is 409 g/mol. The molecule has 10 heteroatoms. The first-order valence-electron chi connectivity index (χ1n) is 8.46. The van der Waals surface area contributed by atoms with Gasteiger partial charge in [-0.3, -0.25) is 9.78 Å². The van der Waals surface area contributed by atoms with Crippen LogP contribution in [0.3, 0.4) is 0 Å². The van der Waals surface area contributed by atoms with Crippen LogP contribution in [0, 0.1) is 13.8 Å². The minimum Gasteiger partial charge on any atom is -0.310 e. The molecule has 3 aromatic rings. The van der Waals surface area contributed by atoms with Crippen LogP contribution in [0.25, 0.3) is 5.95 Å². The van der Waals surface area contributed by atoms with Crippen LogP contribution in [-0.4, -0.2) is 19.7 Å². The van der Waals surface area contributed by atoms with E-state index in [2.05, 4.69) is 19.8 Å². The molecule has 148 valence electrons. The van der Waals surface area contributed by atoms with Crippen molar-refractivity contribution in [2.45, 2.75) is 38.3 Å². The van der Waals surface area contributed by atoms with Gasteiger partial charge in [-0.25, -0.2) is 4.98 Å². The van der Waals surface area contributed by atoms with Crippen LogP contribution in [0.1, 0.15) is 29.4 Å². The Morgan fingerprint density at radius 1 is 1.25 bits per heavy atom. The van der Waals surface area contributed by atoms with Crippen molar-refractivity contribution in [3.8, 4) is 5.95 Å². The topological polar surface area (TPSA) is 75.6 Å². The van der Waals surface area contributed by atoms with E-state index < -0.39 is 11.7 Å². The summed E-state index contributed by atoms with van der Waals surface area (Å²) in [7, 11) is 0. The van der Waals surface area contributed by atoms with Crippen LogP contribution in [0.2, 0.25) is 0 Å². The molecule has 1 aromatic carbocycles. The first-order chi connectivity index (χ1) is 13.2. The number of hydrogen-bond acceptors (Lipinski definition) is 5. The molecule has 0 aliphatic carbocycles. The van der Waals surface area contributed by atoms with Crippen molar-refractivity contribution < 1.29 is 13.2 Å². The zero-order chi connectivity index (χ0) is 20.5. The lowest BCUT2D eigenvalue weighted by Gasteiger charge is -2.13. The third-order valence-corrected chi connectivity index (χ3v) is 4.94. The Balaban J connectivity index is 1.94. The van der Waals surface area contributed by atoms with Gasteiger partial charge < -0.3 is 4.72 Å². The number of nitrogens with zero attached hydrogens (tertiary/aromatic N) is 3. The highest BCUT2D eigenvalue weighted by Crippen LogP contribution is 2.36. The molecule has 0 unspecified atom stereocenters. The maximum atomic E-state index is 13.2. The van der Waals surface area contributed by atoms with E-state index in [0.717, 1.165) is 18.0 Å². The molecule has 3 rings (SSSR count). The highest BCUT2D eigenvalue weighted by molar-refractivity contribution is 8.00. The molecular weight excluding hydrogens is 391 g/mol. The molecular formula is C18H18F3N5OS. The quantitative estimate of drug-likeness (QED) is 0.616. The molecule has 0 atom stereocenters. The van der Waals surface area contributed by atoms with Crippen LogP contribution >= 0.6 is 11.9 Å². The smallest absolute Gasteiger partial charge is 0.310 e. The number of alkyl halides is 3. The highest BCUT2D eigenvalue weighted by Gasteiger charge is 2.33. The summed E-state index contributed by atoms with van der Waals surface area (Å²) in [5, 5.41) is 4.29. The molecule has 0 fully saturated rings. The number of benzene rings is 1. The highest BCUT2D eigenvalue weighted by atomic mass is 32.2. The molecule has 2 N–H and O–H groups in total. The van der Waals surface area contributed by atoms with E-state index in [-0.39, 0.29) is 16.4 Å². The largest absolute Gasteiger partial charge is 0.417 e. The number of rotatable bonds is 5. The fourth-order valence-corrected chi connectivity index (χ4v) is 3.54. The molecule has 0 spiro atoms. The number of anilines is 1. The summed E-state index contributed by atoms with van der Waals surface area (Å²) in [6, 6.07) is 6.95. The second-order valence-electron chi connectivity index (χ2n) is 6.09. The van der Waals surface area contributed by atoms with Gasteiger partial charge in [0.1, 0.15) is 5.82 Å². The van der Waals surface area contributed by atoms with E-state index in [1.165, 1.54) is 22.9 Å². The van der Waals surface area contributed by atoms with Crippen LogP contribution in [0.15, 0.2) is 40.0 Å². The van der Waals surface area contributed by atoms with Gasteiger partial charge >= 0.3 is 6.18 Å². The van der Waals surface area contributed by atoms with Gasteiger partial charge in [-0.05, 0) is 44.3 Å². The van der Waals surface area contributed by atoms with Crippen LogP contribution in [-0.2, 0) is 12.6 Å². The Morgan fingerprint density at radius 2 is 1.96 bits per heavy atom. The number of H-pyrrole nitrogens is 1. The Kier molecular flexibility index (Phi) is 5.50. The van der Waals surface area contributed by atoms with Crippen LogP contribution in [0.5, 0.6) is 0 Å². The number of hydrogen-bond donors (Lipinski definition) is 2. The van der Waals surface area contributed by atoms with Gasteiger partial charge in [-0.15, -0.1) is 0 Å². The summed E-state index contributed by atoms with van der Waals surface area (Å²) in [4.78, 5) is 19.3. The standard InChI is InChI=1S/C18H18F3N5OS/c1-4-12-11(3)22-17(23-16(12)27)26-15(9-10(2)24-26)25-28-14-8-6-5-7-13(14)18(19,20)21/h5-9,25H,4H2,1-3H3,(H,22,23,27). The van der Waals surface area contributed by atoms with Gasteiger partial charge in [0.2, 0.25) is 5.95 Å². The average Bonchev–Trinajstić information content (AvgIpc) is 3.00. The number of aromatic amines is 1. The zero-order valence-electron chi connectivity index (χ0n) is 15.4. The molecule has 0 aliphatic rings. The summed E-state index contributed by atoms with van der Waals surface area (Å²) in [6.45, 7) is 5.33. The van der Waals surface area contributed by atoms with Crippen molar-refractivity contribution in [2.24, 2.45) is 0 Å². The predicted octanol–water partition coefficient (Wildman–Crippen LogP) is 4.27. The summed E-state index contributed by atoms with van der Waals surface area (Å²) in [5.41, 5.74) is 0.780. The predicted molar refractivity (Wildman–Crippen MR) is 102 cm³/mol. The lowest BCUT2D eigenvalue weighted by molar-refractivity contribution is -0.139. The van der Waals surface area contributed by atoms with Crippen LogP contribution < -0.4 is 10.3 Å². The lowest BCUT2D eigenvalue weighted by atomic mass is 10.2. The first-order valence-corrected chi connectivity index (χ1v) is 9.28. The molecule has 0 radical (unpaired) electrons. The third kappa shape index (κ3) is 4.06. The third-order valence-electron chi connectivity index (χ3n) is 4.05. The van der Waals surface area contributed by atoms with Crippen LogP contribution in [0.4, 0.5) is 19.0 Å². The molecule has 6 nitrogen and oxygen atoms in total. The number of halogens is 3. The number of nitrogens with one attached hydrogen (secondary N) is 2. The molecule has 0 saturated heterocycles. The minimum absolute atomic E-state index is 0.0272. The molecule has 28 heavy (non-hydrogen) atoms. The average molecular weight is 409 g/mol. The van der Waals surface area contributed by atoms with Crippen molar-refractivity contribution in [1.29, 1.82) is 0 Å². The van der Waals surface area contributed by atoms with Crippen molar-refractivity contribution in [1.82, 2.24) is 19.7 Å². The second-order valence-corrected chi connectivity index (χ2v) is 6.94. The molecule has 2 heterocycles. The first kappa shape index (κ1) is 20.0. The van der Waals surface area contributed by atoms with E-state index in [9.17, 15) is 18.0 Å². The van der Waals surface area contributed by atoms with E-state index in [1.807, 2.05) is 6.92 Å². The van der Waals surface area contributed by atoms with Gasteiger partial charge in [-0.1, -0.05) is 19.1 Å². The minimum atomic E-state index is -4.46. The molecule has 0 amide bonds.